The Morgan fingerprint density at radius 2 is 1.71 bits per heavy atom. The van der Waals surface area contributed by atoms with Gasteiger partial charge in [0, 0.05) is 56.1 Å². The first-order valence-electron chi connectivity index (χ1n) is 11.5. The summed E-state index contributed by atoms with van der Waals surface area (Å²) in [5.41, 5.74) is 1.36. The molecule has 2 unspecified atom stereocenters. The maximum Gasteiger partial charge on any atom is 0.244 e. The molecule has 2 saturated heterocycles. The highest BCUT2D eigenvalue weighted by Gasteiger charge is 2.40. The van der Waals surface area contributed by atoms with Crippen molar-refractivity contribution < 1.29 is 21.9 Å². The molecule has 2 atom stereocenters. The Bertz CT molecular complexity index is 1270. The van der Waals surface area contributed by atoms with E-state index >= 15 is 0 Å². The molecular weight excluding hydrogens is 474 g/mol. The van der Waals surface area contributed by atoms with Crippen molar-refractivity contribution in [3.8, 4) is 0 Å². The van der Waals surface area contributed by atoms with E-state index in [1.165, 1.54) is 16.6 Å². The Labute approximate surface area is 203 Å². The van der Waals surface area contributed by atoms with E-state index in [2.05, 4.69) is 15.2 Å². The van der Waals surface area contributed by atoms with Gasteiger partial charge in [0.1, 0.15) is 10.7 Å². The molecule has 2 fully saturated rings. The number of anilines is 2. The van der Waals surface area contributed by atoms with Crippen molar-refractivity contribution in [3.63, 3.8) is 0 Å². The third kappa shape index (κ3) is 5.00. The van der Waals surface area contributed by atoms with Crippen molar-refractivity contribution in [2.45, 2.75) is 16.9 Å². The minimum Gasteiger partial charge on any atom is -0.380 e. The van der Waals surface area contributed by atoms with Crippen molar-refractivity contribution >= 4 is 21.5 Å². The van der Waals surface area contributed by atoms with Gasteiger partial charge in [-0.3, -0.25) is 0 Å². The Balaban J connectivity index is 1.39. The van der Waals surface area contributed by atoms with E-state index in [1.54, 1.807) is 12.1 Å². The maximum absolute atomic E-state index is 13.8. The molecule has 35 heavy (non-hydrogen) atoms. The third-order valence-electron chi connectivity index (χ3n) is 6.48. The molecule has 0 aliphatic carbocycles. The number of pyridine rings is 1. The molecule has 2 aromatic carbocycles. The minimum absolute atomic E-state index is 0.120. The molecule has 7 nitrogen and oxygen atoms in total. The van der Waals surface area contributed by atoms with E-state index in [0.717, 1.165) is 17.7 Å². The number of ether oxygens (including phenoxy) is 1. The summed E-state index contributed by atoms with van der Waals surface area (Å²) in [6.07, 6.45) is 1.40. The quantitative estimate of drug-likeness (QED) is 0.559. The number of halogens is 2. The number of sulfonamides is 1. The lowest BCUT2D eigenvalue weighted by atomic mass is 9.94. The van der Waals surface area contributed by atoms with Gasteiger partial charge in [-0.15, -0.1) is 0 Å². The van der Waals surface area contributed by atoms with Crippen LogP contribution in [0.25, 0.3) is 0 Å². The summed E-state index contributed by atoms with van der Waals surface area (Å²) < 4.78 is 61.0. The second-order valence-corrected chi connectivity index (χ2v) is 10.6. The number of nitrogens with one attached hydrogen (secondary N) is 1. The highest BCUT2D eigenvalue weighted by molar-refractivity contribution is 7.89. The van der Waals surface area contributed by atoms with Crippen molar-refractivity contribution in [3.05, 3.63) is 84.1 Å². The lowest BCUT2D eigenvalue weighted by molar-refractivity contribution is 0.122. The zero-order chi connectivity index (χ0) is 24.4. The van der Waals surface area contributed by atoms with Crippen LogP contribution in [0.2, 0.25) is 0 Å². The van der Waals surface area contributed by atoms with Gasteiger partial charge < -0.3 is 15.0 Å². The number of nitrogens with zero attached hydrogens (tertiary/aromatic N) is 3. The predicted octanol–water partition coefficient (Wildman–Crippen LogP) is 3.47. The molecule has 0 spiro atoms. The largest absolute Gasteiger partial charge is 0.380 e. The molecule has 1 aromatic heterocycles. The Kier molecular flexibility index (Phi) is 6.68. The molecule has 2 aliphatic heterocycles. The molecule has 0 radical (unpaired) electrons. The van der Waals surface area contributed by atoms with Crippen LogP contribution >= 0.6 is 0 Å². The zero-order valence-corrected chi connectivity index (χ0v) is 19.8. The van der Waals surface area contributed by atoms with E-state index in [4.69, 9.17) is 4.74 Å². The van der Waals surface area contributed by atoms with Crippen molar-refractivity contribution in [1.82, 2.24) is 9.29 Å². The van der Waals surface area contributed by atoms with Gasteiger partial charge >= 0.3 is 0 Å². The summed E-state index contributed by atoms with van der Waals surface area (Å²) in [6, 6.07) is 16.1. The Morgan fingerprint density at radius 1 is 0.943 bits per heavy atom. The molecule has 3 heterocycles. The normalized spacial score (nSPS) is 21.3. The summed E-state index contributed by atoms with van der Waals surface area (Å²) in [5, 5.41) is 3.22. The molecule has 0 bridgehead atoms. The minimum atomic E-state index is -3.81. The number of benzene rings is 2. The lowest BCUT2D eigenvalue weighted by Crippen LogP contribution is -2.36. The number of aromatic nitrogens is 1. The van der Waals surface area contributed by atoms with Crippen LogP contribution in [-0.2, 0) is 14.8 Å². The lowest BCUT2D eigenvalue weighted by Gasteiger charge is -2.27. The molecule has 1 N–H and O–H groups in total. The molecular formula is C25H26F2N4O3S. The predicted molar refractivity (Wildman–Crippen MR) is 129 cm³/mol. The van der Waals surface area contributed by atoms with E-state index in [0.29, 0.717) is 37.8 Å². The van der Waals surface area contributed by atoms with Gasteiger partial charge in [-0.05, 0) is 29.8 Å². The third-order valence-corrected chi connectivity index (χ3v) is 8.29. The van der Waals surface area contributed by atoms with E-state index in [-0.39, 0.29) is 29.9 Å². The van der Waals surface area contributed by atoms with E-state index in [9.17, 15) is 17.2 Å². The fraction of sp³-hybridized carbons (Fsp3) is 0.320. The summed E-state index contributed by atoms with van der Waals surface area (Å²) in [7, 11) is -3.81. The molecule has 5 rings (SSSR count). The topological polar surface area (TPSA) is 74.8 Å². The average Bonchev–Trinajstić information content (AvgIpc) is 3.32. The Hall–Kier alpha value is -3.08. The van der Waals surface area contributed by atoms with Gasteiger partial charge in [0.2, 0.25) is 10.0 Å². The van der Waals surface area contributed by atoms with Crippen LogP contribution in [0.15, 0.2) is 71.8 Å². The molecule has 184 valence electrons. The average molecular weight is 501 g/mol. The number of hydrogen-bond acceptors (Lipinski definition) is 6. The summed E-state index contributed by atoms with van der Waals surface area (Å²) in [5.74, 6) is -1.35. The first kappa shape index (κ1) is 23.7. The van der Waals surface area contributed by atoms with Crippen LogP contribution < -0.4 is 10.2 Å². The van der Waals surface area contributed by atoms with Gasteiger partial charge in [-0.25, -0.2) is 22.2 Å². The first-order chi connectivity index (χ1) is 16.9. The second kappa shape index (κ2) is 9.88. The fourth-order valence-corrected chi connectivity index (χ4v) is 6.04. The smallest absolute Gasteiger partial charge is 0.244 e. The highest BCUT2D eigenvalue weighted by atomic mass is 32.2. The maximum atomic E-state index is 13.8. The molecule has 0 amide bonds. The van der Waals surface area contributed by atoms with Gasteiger partial charge in [0.25, 0.3) is 0 Å². The number of hydrogen-bond donors (Lipinski definition) is 1. The van der Waals surface area contributed by atoms with E-state index < -0.39 is 21.7 Å². The van der Waals surface area contributed by atoms with Crippen molar-refractivity contribution in [2.24, 2.45) is 0 Å². The monoisotopic (exact) mass is 500 g/mol. The van der Waals surface area contributed by atoms with Crippen LogP contribution in [0.5, 0.6) is 0 Å². The summed E-state index contributed by atoms with van der Waals surface area (Å²) in [4.78, 5) is 6.57. The summed E-state index contributed by atoms with van der Waals surface area (Å²) in [6.45, 7) is 3.07. The van der Waals surface area contributed by atoms with Crippen molar-refractivity contribution in [2.75, 3.05) is 49.6 Å². The van der Waals surface area contributed by atoms with Crippen LogP contribution in [0.1, 0.15) is 11.5 Å². The van der Waals surface area contributed by atoms with Crippen LogP contribution in [0, 0.1) is 11.6 Å². The van der Waals surface area contributed by atoms with Gasteiger partial charge in [0.15, 0.2) is 11.6 Å². The van der Waals surface area contributed by atoms with Crippen molar-refractivity contribution in [1.29, 1.82) is 0 Å². The number of rotatable bonds is 6. The first-order valence-corrected chi connectivity index (χ1v) is 12.9. The standard InChI is InChI=1S/C25H26F2N4O3S/c26-22-8-6-19(14-23(22)27)29-24-17-31(16-21(24)18-4-2-1-3-5-18)35(32,33)20-7-9-25(28-15-20)30-10-12-34-13-11-30/h1-9,14-15,21,24,29H,10-13,16-17H2. The SMILES string of the molecule is O=S(=O)(c1ccc(N2CCOCC2)nc1)N1CC(Nc2ccc(F)c(F)c2)C(c2ccccc2)C1. The molecule has 10 heteroatoms. The van der Waals surface area contributed by atoms with Gasteiger partial charge in [-0.1, -0.05) is 30.3 Å². The van der Waals surface area contributed by atoms with E-state index in [1.807, 2.05) is 30.3 Å². The van der Waals surface area contributed by atoms with Crippen LogP contribution in [-0.4, -0.2) is 63.1 Å². The fourth-order valence-electron chi connectivity index (χ4n) is 4.60. The Morgan fingerprint density at radius 3 is 2.40 bits per heavy atom. The zero-order valence-electron chi connectivity index (χ0n) is 19.0. The number of morpholine rings is 1. The summed E-state index contributed by atoms with van der Waals surface area (Å²) >= 11 is 0. The highest BCUT2D eigenvalue weighted by Crippen LogP contribution is 2.33. The van der Waals surface area contributed by atoms with Crippen LogP contribution in [0.4, 0.5) is 20.3 Å². The molecule has 2 aliphatic rings. The second-order valence-electron chi connectivity index (χ2n) is 8.67. The van der Waals surface area contributed by atoms with Crippen LogP contribution in [0.3, 0.4) is 0 Å². The van der Waals surface area contributed by atoms with Gasteiger partial charge in [0.05, 0.1) is 13.2 Å². The van der Waals surface area contributed by atoms with Gasteiger partial charge in [-0.2, -0.15) is 4.31 Å². The molecule has 3 aromatic rings. The molecule has 0 saturated carbocycles.